The third-order valence-corrected chi connectivity index (χ3v) is 3.93. The number of hydrogen-bond donors (Lipinski definition) is 1. The Labute approximate surface area is 125 Å². The lowest BCUT2D eigenvalue weighted by molar-refractivity contribution is -0.141. The molecule has 2 amide bonds. The third kappa shape index (κ3) is 3.62. The normalized spacial score (nSPS) is 17.9. The van der Waals surface area contributed by atoms with Crippen molar-refractivity contribution in [1.29, 1.82) is 0 Å². The number of alkyl halides is 3. The number of thioether (sulfide) groups is 1. The molecule has 22 heavy (non-hydrogen) atoms. The first kappa shape index (κ1) is 16.4. The lowest BCUT2D eigenvalue weighted by Crippen LogP contribution is -2.18. The molecule has 2 rings (SSSR count). The van der Waals surface area contributed by atoms with Crippen LogP contribution in [-0.4, -0.2) is 35.8 Å². The molecule has 12 heteroatoms. The van der Waals surface area contributed by atoms with Gasteiger partial charge in [-0.2, -0.15) is 13.2 Å². The van der Waals surface area contributed by atoms with Crippen LogP contribution in [0.2, 0.25) is 0 Å². The summed E-state index contributed by atoms with van der Waals surface area (Å²) < 4.78 is 61.0. The SMILES string of the molecule is CS(=O)(=O)c1nc(C=C2SC(=O)NC2=O)cc(C(F)(F)F)n1. The first-order valence-electron chi connectivity index (χ1n) is 5.38. The van der Waals surface area contributed by atoms with Gasteiger partial charge in [0.1, 0.15) is 5.69 Å². The van der Waals surface area contributed by atoms with Crippen LogP contribution in [0.1, 0.15) is 11.4 Å². The minimum Gasteiger partial charge on any atom is -0.282 e. The van der Waals surface area contributed by atoms with E-state index in [0.29, 0.717) is 24.1 Å². The fraction of sp³-hybridized carbons (Fsp3) is 0.200. The van der Waals surface area contributed by atoms with E-state index in [1.807, 2.05) is 5.32 Å². The Kier molecular flexibility index (Phi) is 4.00. The number of sulfone groups is 1. The van der Waals surface area contributed by atoms with Crippen molar-refractivity contribution in [2.75, 3.05) is 6.26 Å². The van der Waals surface area contributed by atoms with E-state index >= 15 is 0 Å². The van der Waals surface area contributed by atoms with E-state index in [4.69, 9.17) is 0 Å². The zero-order valence-electron chi connectivity index (χ0n) is 10.6. The van der Waals surface area contributed by atoms with E-state index in [0.717, 1.165) is 6.08 Å². The number of hydrogen-bond acceptors (Lipinski definition) is 7. The summed E-state index contributed by atoms with van der Waals surface area (Å²) in [7, 11) is -4.09. The molecule has 0 unspecified atom stereocenters. The van der Waals surface area contributed by atoms with Gasteiger partial charge < -0.3 is 0 Å². The molecule has 1 aromatic heterocycles. The summed E-state index contributed by atoms with van der Waals surface area (Å²) in [5, 5.41) is 0.195. The summed E-state index contributed by atoms with van der Waals surface area (Å²) in [5.74, 6) is -0.803. The van der Waals surface area contributed by atoms with E-state index in [1.54, 1.807) is 0 Å². The molecule has 118 valence electrons. The molecule has 0 bridgehead atoms. The van der Waals surface area contributed by atoms with Crippen molar-refractivity contribution in [2.45, 2.75) is 11.3 Å². The number of imide groups is 1. The molecule has 7 nitrogen and oxygen atoms in total. The number of nitrogens with zero attached hydrogens (tertiary/aromatic N) is 2. The largest absolute Gasteiger partial charge is 0.433 e. The predicted molar refractivity (Wildman–Crippen MR) is 69.3 cm³/mol. The average molecular weight is 353 g/mol. The van der Waals surface area contributed by atoms with Gasteiger partial charge in [0.05, 0.1) is 10.6 Å². The van der Waals surface area contributed by atoms with E-state index in [2.05, 4.69) is 9.97 Å². The van der Waals surface area contributed by atoms with Crippen LogP contribution in [0.15, 0.2) is 16.1 Å². The standard InChI is InChI=1S/C10H6F3N3O4S2/c1-22(19,20)8-14-4(3-6(15-8)10(11,12)13)2-5-7(17)16-9(18)21-5/h2-3H,1H3,(H,16,17,18). The summed E-state index contributed by atoms with van der Waals surface area (Å²) in [6, 6.07) is 0.484. The second kappa shape index (κ2) is 5.35. The van der Waals surface area contributed by atoms with Crippen LogP contribution in [-0.2, 0) is 20.8 Å². The summed E-state index contributed by atoms with van der Waals surface area (Å²) in [6.45, 7) is 0. The highest BCUT2D eigenvalue weighted by Crippen LogP contribution is 2.30. The van der Waals surface area contributed by atoms with Gasteiger partial charge in [0.2, 0.25) is 15.0 Å². The van der Waals surface area contributed by atoms with Crippen LogP contribution in [0.3, 0.4) is 0 Å². The first-order chi connectivity index (χ1) is 9.96. The fourth-order valence-electron chi connectivity index (χ4n) is 1.38. The van der Waals surface area contributed by atoms with Crippen molar-refractivity contribution in [1.82, 2.24) is 15.3 Å². The van der Waals surface area contributed by atoms with Gasteiger partial charge in [-0.05, 0) is 23.9 Å². The van der Waals surface area contributed by atoms with Crippen LogP contribution in [0.5, 0.6) is 0 Å². The van der Waals surface area contributed by atoms with Gasteiger partial charge in [0, 0.05) is 6.26 Å². The monoisotopic (exact) mass is 353 g/mol. The Morgan fingerprint density at radius 1 is 1.27 bits per heavy atom. The molecule has 0 saturated carbocycles. The van der Waals surface area contributed by atoms with Crippen molar-refractivity contribution < 1.29 is 31.2 Å². The van der Waals surface area contributed by atoms with Crippen molar-refractivity contribution in [3.63, 3.8) is 0 Å². The number of aromatic nitrogens is 2. The number of halogens is 3. The molecule has 0 spiro atoms. The molecule has 1 N–H and O–H groups in total. The third-order valence-electron chi connectivity index (χ3n) is 2.27. The Morgan fingerprint density at radius 2 is 1.91 bits per heavy atom. The van der Waals surface area contributed by atoms with Crippen molar-refractivity contribution >= 4 is 38.8 Å². The van der Waals surface area contributed by atoms with Crippen LogP contribution in [0.25, 0.3) is 6.08 Å². The van der Waals surface area contributed by atoms with E-state index in [9.17, 15) is 31.2 Å². The molecular weight excluding hydrogens is 347 g/mol. The maximum Gasteiger partial charge on any atom is 0.433 e. The number of amides is 2. The maximum absolute atomic E-state index is 12.7. The number of rotatable bonds is 2. The highest BCUT2D eigenvalue weighted by atomic mass is 32.2. The van der Waals surface area contributed by atoms with E-state index in [-0.39, 0.29) is 4.91 Å². The van der Waals surface area contributed by atoms with Gasteiger partial charge in [-0.1, -0.05) is 0 Å². The van der Waals surface area contributed by atoms with E-state index < -0.39 is 43.7 Å². The Bertz CT molecular complexity index is 802. The number of carbonyl (C=O) groups excluding carboxylic acids is 2. The minimum atomic E-state index is -4.89. The molecule has 1 fully saturated rings. The Hall–Kier alpha value is -1.95. The Balaban J connectivity index is 2.59. The fourth-order valence-corrected chi connectivity index (χ4v) is 2.59. The van der Waals surface area contributed by atoms with E-state index in [1.165, 1.54) is 0 Å². The smallest absolute Gasteiger partial charge is 0.282 e. The molecule has 1 saturated heterocycles. The van der Waals surface area contributed by atoms with Gasteiger partial charge in [-0.15, -0.1) is 0 Å². The Morgan fingerprint density at radius 3 is 2.36 bits per heavy atom. The van der Waals surface area contributed by atoms with Gasteiger partial charge in [-0.25, -0.2) is 18.4 Å². The summed E-state index contributed by atoms with van der Waals surface area (Å²) in [6.07, 6.45) is -3.35. The molecule has 1 aromatic rings. The van der Waals surface area contributed by atoms with Gasteiger partial charge in [0.15, 0.2) is 0 Å². The molecule has 0 radical (unpaired) electrons. The van der Waals surface area contributed by atoms with Crippen LogP contribution >= 0.6 is 11.8 Å². The van der Waals surface area contributed by atoms with Gasteiger partial charge >= 0.3 is 6.18 Å². The topological polar surface area (TPSA) is 106 Å². The summed E-state index contributed by atoms with van der Waals surface area (Å²) >= 11 is 0.466. The first-order valence-corrected chi connectivity index (χ1v) is 8.09. The molecule has 2 heterocycles. The molecule has 0 atom stereocenters. The van der Waals surface area contributed by atoms with Crippen molar-refractivity contribution in [3.8, 4) is 0 Å². The van der Waals surface area contributed by atoms with Crippen molar-refractivity contribution in [3.05, 3.63) is 22.4 Å². The van der Waals surface area contributed by atoms with Gasteiger partial charge in [-0.3, -0.25) is 14.9 Å². The predicted octanol–water partition coefficient (Wildman–Crippen LogP) is 1.22. The highest BCUT2D eigenvalue weighted by Gasteiger charge is 2.35. The lowest BCUT2D eigenvalue weighted by atomic mass is 10.3. The van der Waals surface area contributed by atoms with Crippen LogP contribution < -0.4 is 5.32 Å². The zero-order chi connectivity index (χ0) is 16.7. The van der Waals surface area contributed by atoms with Crippen LogP contribution in [0, 0.1) is 0 Å². The molecule has 0 aromatic carbocycles. The lowest BCUT2D eigenvalue weighted by Gasteiger charge is -2.08. The molecule has 0 aliphatic carbocycles. The second-order valence-electron chi connectivity index (χ2n) is 4.08. The minimum absolute atomic E-state index is 0.198. The quantitative estimate of drug-likeness (QED) is 0.629. The van der Waals surface area contributed by atoms with Crippen LogP contribution in [0.4, 0.5) is 18.0 Å². The van der Waals surface area contributed by atoms with Gasteiger partial charge in [0.25, 0.3) is 11.1 Å². The second-order valence-corrected chi connectivity index (χ2v) is 7.01. The number of nitrogens with one attached hydrogen (secondary N) is 1. The highest BCUT2D eigenvalue weighted by molar-refractivity contribution is 8.18. The molecule has 1 aliphatic heterocycles. The zero-order valence-corrected chi connectivity index (χ0v) is 12.3. The summed E-state index contributed by atoms with van der Waals surface area (Å²) in [4.78, 5) is 28.6. The number of carbonyl (C=O) groups is 2. The van der Waals surface area contributed by atoms with Crippen molar-refractivity contribution in [2.24, 2.45) is 0 Å². The average Bonchev–Trinajstić information content (AvgIpc) is 2.65. The maximum atomic E-state index is 12.7. The molecular formula is C10H6F3N3O4S2. The molecule has 1 aliphatic rings. The summed E-state index contributed by atoms with van der Waals surface area (Å²) in [5.41, 5.74) is -1.92.